The Labute approximate surface area is 133 Å². The Morgan fingerprint density at radius 1 is 1.19 bits per heavy atom. The van der Waals surface area contributed by atoms with Crippen molar-refractivity contribution < 1.29 is 4.79 Å². The Kier molecular flexibility index (Phi) is 3.16. The lowest BCUT2D eigenvalue weighted by atomic mass is 9.95. The zero-order valence-corrected chi connectivity index (χ0v) is 13.0. The number of amides is 1. The molecule has 3 nitrogen and oxygen atoms in total. The first-order valence-electron chi connectivity index (χ1n) is 7.39. The molecule has 1 aromatic heterocycles. The van der Waals surface area contributed by atoms with Crippen LogP contribution in [0.25, 0.3) is 10.9 Å². The van der Waals surface area contributed by atoms with Crippen molar-refractivity contribution in [2.24, 2.45) is 11.8 Å². The van der Waals surface area contributed by atoms with Gasteiger partial charge in [0, 0.05) is 22.0 Å². The first-order valence-corrected chi connectivity index (χ1v) is 8.14. The summed E-state index contributed by atoms with van der Waals surface area (Å²) in [7, 11) is 0. The van der Waals surface area contributed by atoms with Gasteiger partial charge in [0.1, 0.15) is 5.69 Å². The van der Waals surface area contributed by atoms with Crippen LogP contribution in [0.1, 0.15) is 36.2 Å². The van der Waals surface area contributed by atoms with Crippen LogP contribution in [0.15, 0.2) is 18.2 Å². The summed E-state index contributed by atoms with van der Waals surface area (Å²) in [4.78, 5) is 15.5. The molecule has 2 fully saturated rings. The number of carbonyl (C=O) groups is 1. The summed E-state index contributed by atoms with van der Waals surface area (Å²) in [5.41, 5.74) is 1.35. The lowest BCUT2D eigenvalue weighted by Crippen LogP contribution is -2.38. The van der Waals surface area contributed by atoms with Crippen LogP contribution < -0.4 is 5.32 Å². The molecule has 0 radical (unpaired) electrons. The summed E-state index contributed by atoms with van der Waals surface area (Å²) in [6, 6.07) is 5.62. The number of nitrogens with one attached hydrogen (secondary N) is 2. The number of H-pyrrole nitrogens is 1. The molecule has 1 aromatic carbocycles. The average Bonchev–Trinajstić information content (AvgIpc) is 3.11. The third kappa shape index (κ3) is 2.33. The number of halogens is 2. The summed E-state index contributed by atoms with van der Waals surface area (Å²) < 4.78 is 0. The highest BCUT2D eigenvalue weighted by Gasteiger charge is 2.40. The molecule has 2 aliphatic carbocycles. The van der Waals surface area contributed by atoms with Gasteiger partial charge in [-0.2, -0.15) is 0 Å². The standard InChI is InChI=1S/C16H16Cl2N2O/c17-10-5-12(18)11-7-15(19-14(11)6-10)16(21)20-13-4-8-1-2-9(13)3-8/h5-9,13,19H,1-4H2,(H,20,21). The van der Waals surface area contributed by atoms with E-state index >= 15 is 0 Å². The number of fused-ring (bicyclic) bond motifs is 3. The predicted molar refractivity (Wildman–Crippen MR) is 85.0 cm³/mol. The summed E-state index contributed by atoms with van der Waals surface area (Å²) in [6.07, 6.45) is 4.99. The van der Waals surface area contributed by atoms with Crippen LogP contribution in [0, 0.1) is 11.8 Å². The number of aromatic amines is 1. The number of benzene rings is 1. The molecule has 1 amide bonds. The van der Waals surface area contributed by atoms with Crippen LogP contribution in [-0.4, -0.2) is 16.9 Å². The summed E-state index contributed by atoms with van der Waals surface area (Å²) in [6.45, 7) is 0. The largest absolute Gasteiger partial charge is 0.350 e. The van der Waals surface area contributed by atoms with Crippen molar-refractivity contribution in [1.82, 2.24) is 10.3 Å². The van der Waals surface area contributed by atoms with E-state index in [4.69, 9.17) is 23.2 Å². The maximum absolute atomic E-state index is 12.4. The number of carbonyl (C=O) groups excluding carboxylic acids is 1. The van der Waals surface area contributed by atoms with Gasteiger partial charge in [0.15, 0.2) is 0 Å². The minimum Gasteiger partial charge on any atom is -0.350 e. The van der Waals surface area contributed by atoms with Crippen LogP contribution in [0.2, 0.25) is 10.0 Å². The molecule has 3 atom stereocenters. The fraction of sp³-hybridized carbons (Fsp3) is 0.438. The highest BCUT2D eigenvalue weighted by Crippen LogP contribution is 2.44. The molecule has 1 heterocycles. The summed E-state index contributed by atoms with van der Waals surface area (Å²) in [5, 5.41) is 5.13. The lowest BCUT2D eigenvalue weighted by Gasteiger charge is -2.22. The van der Waals surface area contributed by atoms with E-state index in [1.165, 1.54) is 19.3 Å². The zero-order valence-electron chi connectivity index (χ0n) is 11.5. The second kappa shape index (κ2) is 4.92. The third-order valence-corrected chi connectivity index (χ3v) is 5.48. The van der Waals surface area contributed by atoms with E-state index in [2.05, 4.69) is 10.3 Å². The van der Waals surface area contributed by atoms with Crippen molar-refractivity contribution in [3.05, 3.63) is 33.9 Å². The molecule has 4 rings (SSSR count). The van der Waals surface area contributed by atoms with Gasteiger partial charge >= 0.3 is 0 Å². The van der Waals surface area contributed by atoms with E-state index in [0.29, 0.717) is 27.7 Å². The van der Waals surface area contributed by atoms with E-state index < -0.39 is 0 Å². The molecule has 2 N–H and O–H groups in total. The Morgan fingerprint density at radius 2 is 2.05 bits per heavy atom. The molecule has 110 valence electrons. The smallest absolute Gasteiger partial charge is 0.267 e. The predicted octanol–water partition coefficient (Wildman–Crippen LogP) is 4.39. The second-order valence-corrected chi connectivity index (χ2v) is 7.13. The molecule has 2 bridgehead atoms. The van der Waals surface area contributed by atoms with Gasteiger partial charge in [-0.1, -0.05) is 29.6 Å². The molecule has 0 spiro atoms. The Bertz CT molecular complexity index is 724. The highest BCUT2D eigenvalue weighted by molar-refractivity contribution is 6.38. The quantitative estimate of drug-likeness (QED) is 0.846. The third-order valence-electron chi connectivity index (χ3n) is 4.95. The molecule has 21 heavy (non-hydrogen) atoms. The molecule has 2 saturated carbocycles. The molecule has 0 saturated heterocycles. The molecule has 2 aromatic rings. The highest BCUT2D eigenvalue weighted by atomic mass is 35.5. The van der Waals surface area contributed by atoms with Crippen molar-refractivity contribution in [3.8, 4) is 0 Å². The monoisotopic (exact) mass is 322 g/mol. The maximum atomic E-state index is 12.4. The van der Waals surface area contributed by atoms with Gasteiger partial charge in [-0.25, -0.2) is 0 Å². The lowest BCUT2D eigenvalue weighted by molar-refractivity contribution is 0.0918. The van der Waals surface area contributed by atoms with Gasteiger partial charge in [-0.15, -0.1) is 0 Å². The molecule has 3 unspecified atom stereocenters. The first kappa shape index (κ1) is 13.5. The number of aromatic nitrogens is 1. The van der Waals surface area contributed by atoms with Crippen LogP contribution in [0.5, 0.6) is 0 Å². The van der Waals surface area contributed by atoms with Gasteiger partial charge < -0.3 is 10.3 Å². The molecular weight excluding hydrogens is 307 g/mol. The van der Waals surface area contributed by atoms with Gasteiger partial charge in [0.2, 0.25) is 0 Å². The maximum Gasteiger partial charge on any atom is 0.267 e. The molecular formula is C16H16Cl2N2O. The molecule has 0 aliphatic heterocycles. The first-order chi connectivity index (χ1) is 10.1. The van der Waals surface area contributed by atoms with Crippen molar-refractivity contribution >= 4 is 40.0 Å². The number of rotatable bonds is 2. The van der Waals surface area contributed by atoms with E-state index in [0.717, 1.165) is 23.2 Å². The van der Waals surface area contributed by atoms with Crippen LogP contribution in [-0.2, 0) is 0 Å². The minimum absolute atomic E-state index is 0.0454. The van der Waals surface area contributed by atoms with Gasteiger partial charge in [0.05, 0.1) is 5.02 Å². The van der Waals surface area contributed by atoms with Crippen LogP contribution >= 0.6 is 23.2 Å². The molecule has 5 heteroatoms. The SMILES string of the molecule is O=C(NC1CC2CCC1C2)c1cc2c(Cl)cc(Cl)cc2[nH]1. The Morgan fingerprint density at radius 3 is 2.76 bits per heavy atom. The Hall–Kier alpha value is -1.19. The van der Waals surface area contributed by atoms with Crippen molar-refractivity contribution in [1.29, 1.82) is 0 Å². The van der Waals surface area contributed by atoms with Gasteiger partial charge in [0.25, 0.3) is 5.91 Å². The van der Waals surface area contributed by atoms with E-state index in [-0.39, 0.29) is 5.91 Å². The zero-order chi connectivity index (χ0) is 14.6. The fourth-order valence-corrected chi connectivity index (χ4v) is 4.50. The van der Waals surface area contributed by atoms with Crippen LogP contribution in [0.3, 0.4) is 0 Å². The topological polar surface area (TPSA) is 44.9 Å². The van der Waals surface area contributed by atoms with Crippen molar-refractivity contribution in [2.45, 2.75) is 31.7 Å². The van der Waals surface area contributed by atoms with E-state index in [1.807, 2.05) is 0 Å². The van der Waals surface area contributed by atoms with Crippen LogP contribution in [0.4, 0.5) is 0 Å². The van der Waals surface area contributed by atoms with Crippen molar-refractivity contribution in [2.75, 3.05) is 0 Å². The molecule has 2 aliphatic rings. The van der Waals surface area contributed by atoms with Gasteiger partial charge in [-0.05, 0) is 49.3 Å². The summed E-state index contributed by atoms with van der Waals surface area (Å²) >= 11 is 12.2. The van der Waals surface area contributed by atoms with E-state index in [1.54, 1.807) is 18.2 Å². The summed E-state index contributed by atoms with van der Waals surface area (Å²) in [5.74, 6) is 1.44. The van der Waals surface area contributed by atoms with E-state index in [9.17, 15) is 4.79 Å². The second-order valence-electron chi connectivity index (χ2n) is 6.29. The number of hydrogen-bond acceptors (Lipinski definition) is 1. The fourth-order valence-electron chi connectivity index (χ4n) is 3.95. The Balaban J connectivity index is 1.58. The van der Waals surface area contributed by atoms with Gasteiger partial charge in [-0.3, -0.25) is 4.79 Å². The average molecular weight is 323 g/mol. The normalized spacial score (nSPS) is 27.4. The number of hydrogen-bond donors (Lipinski definition) is 2. The van der Waals surface area contributed by atoms with Crippen molar-refractivity contribution in [3.63, 3.8) is 0 Å². The minimum atomic E-state index is -0.0454.